The molecule has 3 aromatic rings. The van der Waals surface area contributed by atoms with Crippen LogP contribution < -0.4 is 14.8 Å². The number of aliphatic imine (C=N–C) groups is 1. The number of carbonyl (C=O) groups excluding carboxylic acids is 2. The van der Waals surface area contributed by atoms with E-state index in [1.165, 1.54) is 11.8 Å². The molecule has 0 bridgehead atoms. The normalized spacial score (nSPS) is 18.9. The molecule has 0 saturated heterocycles. The predicted octanol–water partition coefficient (Wildman–Crippen LogP) is 4.88. The standard InChI is InChI=1S/C28H26N4O4S/c1-35-21-12-8-18(9-13-21)23-16-24(19-6-4-3-5-7-19)32(31-23)28-30-27(34)25(37-28)17-26(33)29-20-10-14-22(36-2)15-11-20/h3-15,24-25H,16-17H2,1-2H3,(H,29,33)/t24-,25-/m0/s1. The van der Waals surface area contributed by atoms with Gasteiger partial charge in [-0.2, -0.15) is 10.1 Å². The maximum absolute atomic E-state index is 12.8. The number of amides is 2. The van der Waals surface area contributed by atoms with Gasteiger partial charge in [0.15, 0.2) is 5.17 Å². The molecule has 8 nitrogen and oxygen atoms in total. The number of hydrogen-bond donors (Lipinski definition) is 1. The summed E-state index contributed by atoms with van der Waals surface area (Å²) in [5.41, 5.74) is 3.59. The minimum atomic E-state index is -0.607. The SMILES string of the molecule is COc1ccc(NC(=O)C[C@@H]2SC(N3N=C(c4ccc(OC)cc4)C[C@H]3c3ccccc3)=NC2=O)cc1. The molecule has 0 aromatic heterocycles. The molecule has 0 fully saturated rings. The van der Waals surface area contributed by atoms with Crippen molar-refractivity contribution in [3.63, 3.8) is 0 Å². The van der Waals surface area contributed by atoms with Crippen molar-refractivity contribution >= 4 is 40.1 Å². The molecule has 0 aliphatic carbocycles. The number of rotatable bonds is 7. The monoisotopic (exact) mass is 514 g/mol. The minimum Gasteiger partial charge on any atom is -0.497 e. The average Bonchev–Trinajstić information content (AvgIpc) is 3.53. The summed E-state index contributed by atoms with van der Waals surface area (Å²) >= 11 is 1.28. The summed E-state index contributed by atoms with van der Waals surface area (Å²) in [6.07, 6.45) is 0.675. The Morgan fingerprint density at radius 3 is 2.27 bits per heavy atom. The second-order valence-corrected chi connectivity index (χ2v) is 9.74. The number of amidine groups is 1. The number of nitrogens with zero attached hydrogens (tertiary/aromatic N) is 3. The van der Waals surface area contributed by atoms with Crippen LogP contribution in [0.4, 0.5) is 5.69 Å². The topological polar surface area (TPSA) is 92.6 Å². The van der Waals surface area contributed by atoms with Gasteiger partial charge in [-0.3, -0.25) is 9.59 Å². The second-order valence-electron chi connectivity index (χ2n) is 8.57. The number of hydrogen-bond acceptors (Lipinski definition) is 7. The molecule has 9 heteroatoms. The van der Waals surface area contributed by atoms with Gasteiger partial charge in [0.05, 0.1) is 26.0 Å². The highest BCUT2D eigenvalue weighted by atomic mass is 32.2. The second kappa shape index (κ2) is 10.9. The molecule has 2 aliphatic rings. The number of carbonyl (C=O) groups is 2. The summed E-state index contributed by atoms with van der Waals surface area (Å²) in [4.78, 5) is 29.8. The highest BCUT2D eigenvalue weighted by Crippen LogP contribution is 2.38. The number of nitrogens with one attached hydrogen (secondary N) is 1. The van der Waals surface area contributed by atoms with Crippen LogP contribution >= 0.6 is 11.8 Å². The fraction of sp³-hybridized carbons (Fsp3) is 0.214. The molecule has 2 heterocycles. The largest absolute Gasteiger partial charge is 0.497 e. The van der Waals surface area contributed by atoms with Crippen LogP contribution in [0.25, 0.3) is 0 Å². The van der Waals surface area contributed by atoms with Gasteiger partial charge in [0.25, 0.3) is 5.91 Å². The zero-order valence-electron chi connectivity index (χ0n) is 20.5. The van der Waals surface area contributed by atoms with Crippen molar-refractivity contribution in [2.75, 3.05) is 19.5 Å². The summed E-state index contributed by atoms with van der Waals surface area (Å²) in [6.45, 7) is 0. The van der Waals surface area contributed by atoms with E-state index in [1.54, 1.807) is 38.5 Å². The van der Waals surface area contributed by atoms with Crippen LogP contribution in [0.2, 0.25) is 0 Å². The Kier molecular flexibility index (Phi) is 7.23. The maximum Gasteiger partial charge on any atom is 0.262 e. The van der Waals surface area contributed by atoms with Gasteiger partial charge in [-0.25, -0.2) is 5.01 Å². The van der Waals surface area contributed by atoms with Gasteiger partial charge in [0, 0.05) is 18.5 Å². The summed E-state index contributed by atoms with van der Waals surface area (Å²) in [6, 6.07) is 24.7. The minimum absolute atomic E-state index is 0.0153. The molecular formula is C28H26N4O4S. The van der Waals surface area contributed by atoms with E-state index in [4.69, 9.17) is 14.6 Å². The van der Waals surface area contributed by atoms with Crippen molar-refractivity contribution in [2.24, 2.45) is 10.1 Å². The third-order valence-electron chi connectivity index (χ3n) is 6.19. The molecule has 0 saturated carbocycles. The van der Waals surface area contributed by atoms with E-state index in [1.807, 2.05) is 59.6 Å². The summed E-state index contributed by atoms with van der Waals surface area (Å²) in [5, 5.41) is 9.43. The molecule has 1 N–H and O–H groups in total. The fourth-order valence-corrected chi connectivity index (χ4v) is 5.30. The van der Waals surface area contributed by atoms with Gasteiger partial charge in [-0.05, 0) is 59.7 Å². The van der Waals surface area contributed by atoms with E-state index >= 15 is 0 Å². The van der Waals surface area contributed by atoms with E-state index in [2.05, 4.69) is 10.3 Å². The first-order valence-corrected chi connectivity index (χ1v) is 12.7. The van der Waals surface area contributed by atoms with Crippen molar-refractivity contribution in [3.05, 3.63) is 90.0 Å². The molecule has 2 aliphatic heterocycles. The lowest BCUT2D eigenvalue weighted by Gasteiger charge is -2.23. The van der Waals surface area contributed by atoms with Crippen molar-refractivity contribution in [1.29, 1.82) is 0 Å². The van der Waals surface area contributed by atoms with Gasteiger partial charge in [0.2, 0.25) is 5.91 Å². The van der Waals surface area contributed by atoms with E-state index in [0.717, 1.165) is 22.6 Å². The highest BCUT2D eigenvalue weighted by Gasteiger charge is 2.39. The van der Waals surface area contributed by atoms with Crippen LogP contribution in [0.5, 0.6) is 11.5 Å². The number of thioether (sulfide) groups is 1. The lowest BCUT2D eigenvalue weighted by atomic mass is 9.98. The maximum atomic E-state index is 12.8. The number of ether oxygens (including phenoxy) is 2. The van der Waals surface area contributed by atoms with Gasteiger partial charge in [0.1, 0.15) is 16.7 Å². The van der Waals surface area contributed by atoms with Gasteiger partial charge >= 0.3 is 0 Å². The molecule has 5 rings (SSSR count). The van der Waals surface area contributed by atoms with Crippen LogP contribution in [-0.2, 0) is 9.59 Å². The summed E-state index contributed by atoms with van der Waals surface area (Å²) < 4.78 is 10.4. The molecule has 188 valence electrons. The Labute approximate surface area is 219 Å². The summed E-state index contributed by atoms with van der Waals surface area (Å²) in [5.74, 6) is 0.891. The number of hydrazone groups is 1. The molecule has 0 radical (unpaired) electrons. The van der Waals surface area contributed by atoms with Crippen LogP contribution in [0.1, 0.15) is 30.0 Å². The highest BCUT2D eigenvalue weighted by molar-refractivity contribution is 8.15. The van der Waals surface area contributed by atoms with E-state index in [-0.39, 0.29) is 24.3 Å². The number of methoxy groups -OCH3 is 2. The summed E-state index contributed by atoms with van der Waals surface area (Å²) in [7, 11) is 3.22. The Hall–Kier alpha value is -4.11. The quantitative estimate of drug-likeness (QED) is 0.483. The molecule has 2 amide bonds. The Balaban J connectivity index is 1.32. The Bertz CT molecular complexity index is 1340. The van der Waals surface area contributed by atoms with Crippen molar-refractivity contribution in [2.45, 2.75) is 24.1 Å². The van der Waals surface area contributed by atoms with Crippen LogP contribution in [-0.4, -0.2) is 47.2 Å². The van der Waals surface area contributed by atoms with Gasteiger partial charge in [-0.15, -0.1) is 0 Å². The molecule has 0 unspecified atom stereocenters. The van der Waals surface area contributed by atoms with Crippen LogP contribution in [0.15, 0.2) is 89.0 Å². The molecule has 0 spiro atoms. The van der Waals surface area contributed by atoms with Crippen LogP contribution in [0.3, 0.4) is 0 Å². The Morgan fingerprint density at radius 1 is 0.973 bits per heavy atom. The lowest BCUT2D eigenvalue weighted by molar-refractivity contribution is -0.121. The first-order valence-electron chi connectivity index (χ1n) is 11.8. The van der Waals surface area contributed by atoms with Gasteiger partial charge < -0.3 is 14.8 Å². The van der Waals surface area contributed by atoms with Crippen molar-refractivity contribution < 1.29 is 19.1 Å². The number of anilines is 1. The first-order chi connectivity index (χ1) is 18.0. The van der Waals surface area contributed by atoms with Crippen LogP contribution in [0, 0.1) is 0 Å². The molecule has 3 aromatic carbocycles. The average molecular weight is 515 g/mol. The first kappa shape index (κ1) is 24.6. The van der Waals surface area contributed by atoms with Gasteiger partial charge in [-0.1, -0.05) is 42.1 Å². The molecule has 37 heavy (non-hydrogen) atoms. The number of benzene rings is 3. The van der Waals surface area contributed by atoms with Crippen molar-refractivity contribution in [1.82, 2.24) is 5.01 Å². The van der Waals surface area contributed by atoms with E-state index in [9.17, 15) is 9.59 Å². The third kappa shape index (κ3) is 5.51. The predicted molar refractivity (Wildman–Crippen MR) is 145 cm³/mol. The zero-order chi connectivity index (χ0) is 25.8. The fourth-order valence-electron chi connectivity index (χ4n) is 4.24. The Morgan fingerprint density at radius 2 is 1.62 bits per heavy atom. The zero-order valence-corrected chi connectivity index (χ0v) is 21.3. The third-order valence-corrected chi connectivity index (χ3v) is 7.33. The van der Waals surface area contributed by atoms with Crippen molar-refractivity contribution in [3.8, 4) is 11.5 Å². The molecular weight excluding hydrogens is 488 g/mol. The van der Waals surface area contributed by atoms with E-state index in [0.29, 0.717) is 23.0 Å². The van der Waals surface area contributed by atoms with E-state index < -0.39 is 5.25 Å². The lowest BCUT2D eigenvalue weighted by Crippen LogP contribution is -2.25. The smallest absolute Gasteiger partial charge is 0.262 e. The molecule has 2 atom stereocenters.